The number of carbonyl (C=O) groups is 1. The number of hydrogen-bond donors (Lipinski definition) is 2. The SMILES string of the molecule is COc1ccc(Cl)c(C(O)C(=O)O)c1OC(C)C. The normalized spacial score (nSPS) is 12.3. The fourth-order valence-corrected chi connectivity index (χ4v) is 1.70. The molecule has 0 radical (unpaired) electrons. The molecule has 6 heteroatoms. The van der Waals surface area contributed by atoms with E-state index in [1.54, 1.807) is 19.9 Å². The Balaban J connectivity index is 3.39. The molecule has 0 bridgehead atoms. The van der Waals surface area contributed by atoms with Crippen molar-refractivity contribution in [2.24, 2.45) is 0 Å². The van der Waals surface area contributed by atoms with Crippen molar-refractivity contribution in [3.05, 3.63) is 22.7 Å². The minimum atomic E-state index is -1.76. The minimum Gasteiger partial charge on any atom is -0.493 e. The van der Waals surface area contributed by atoms with Gasteiger partial charge in [0.1, 0.15) is 0 Å². The number of carboxylic acids is 1. The zero-order valence-corrected chi connectivity index (χ0v) is 11.1. The summed E-state index contributed by atoms with van der Waals surface area (Å²) in [6.07, 6.45) is -1.97. The van der Waals surface area contributed by atoms with Crippen molar-refractivity contribution >= 4 is 17.6 Å². The standard InChI is InChI=1S/C12H15ClO5/c1-6(2)18-11-8(17-3)5-4-7(13)9(11)10(14)12(15)16/h4-6,10,14H,1-3H3,(H,15,16). The zero-order valence-electron chi connectivity index (χ0n) is 10.3. The molecule has 0 amide bonds. The summed E-state index contributed by atoms with van der Waals surface area (Å²) in [7, 11) is 1.42. The average Bonchev–Trinajstić information content (AvgIpc) is 2.28. The maximum atomic E-state index is 10.9. The van der Waals surface area contributed by atoms with E-state index in [0.29, 0.717) is 5.75 Å². The van der Waals surface area contributed by atoms with Crippen molar-refractivity contribution < 1.29 is 24.5 Å². The van der Waals surface area contributed by atoms with Gasteiger partial charge in [0.05, 0.1) is 23.8 Å². The van der Waals surface area contributed by atoms with Crippen molar-refractivity contribution in [3.63, 3.8) is 0 Å². The molecule has 2 N–H and O–H groups in total. The van der Waals surface area contributed by atoms with Crippen LogP contribution < -0.4 is 9.47 Å². The molecular weight excluding hydrogens is 260 g/mol. The molecule has 0 aliphatic heterocycles. The van der Waals surface area contributed by atoms with Gasteiger partial charge in [0.2, 0.25) is 0 Å². The van der Waals surface area contributed by atoms with Crippen LogP contribution in [-0.2, 0) is 4.79 Å². The fraction of sp³-hybridized carbons (Fsp3) is 0.417. The highest BCUT2D eigenvalue weighted by Crippen LogP contribution is 2.40. The van der Waals surface area contributed by atoms with Gasteiger partial charge < -0.3 is 19.7 Å². The molecule has 0 fully saturated rings. The molecule has 1 aromatic carbocycles. The van der Waals surface area contributed by atoms with Gasteiger partial charge >= 0.3 is 5.97 Å². The third-order valence-electron chi connectivity index (χ3n) is 2.19. The molecular formula is C12H15ClO5. The van der Waals surface area contributed by atoms with Crippen LogP contribution in [0.1, 0.15) is 25.5 Å². The molecule has 5 nitrogen and oxygen atoms in total. The lowest BCUT2D eigenvalue weighted by molar-refractivity contribution is -0.147. The summed E-state index contributed by atoms with van der Waals surface area (Å²) in [6.45, 7) is 3.55. The summed E-state index contributed by atoms with van der Waals surface area (Å²) in [6, 6.07) is 3.01. The summed E-state index contributed by atoms with van der Waals surface area (Å²) < 4.78 is 10.6. The lowest BCUT2D eigenvalue weighted by Crippen LogP contribution is -2.15. The van der Waals surface area contributed by atoms with Crippen LogP contribution in [0.2, 0.25) is 5.02 Å². The van der Waals surface area contributed by atoms with E-state index in [1.807, 2.05) is 0 Å². The van der Waals surface area contributed by atoms with Crippen LogP contribution in [0.25, 0.3) is 0 Å². The van der Waals surface area contributed by atoms with Gasteiger partial charge in [0.25, 0.3) is 0 Å². The second kappa shape index (κ2) is 5.93. The van der Waals surface area contributed by atoms with Crippen molar-refractivity contribution in [3.8, 4) is 11.5 Å². The number of methoxy groups -OCH3 is 1. The maximum absolute atomic E-state index is 10.9. The molecule has 0 spiro atoms. The fourth-order valence-electron chi connectivity index (χ4n) is 1.45. The van der Waals surface area contributed by atoms with E-state index in [0.717, 1.165) is 0 Å². The Kier molecular flexibility index (Phi) is 4.81. The number of rotatable bonds is 5. The van der Waals surface area contributed by atoms with Crippen molar-refractivity contribution in [1.82, 2.24) is 0 Å². The van der Waals surface area contributed by atoms with Crippen LogP contribution in [0.5, 0.6) is 11.5 Å². The zero-order chi connectivity index (χ0) is 13.9. The predicted octanol–water partition coefficient (Wildman–Crippen LogP) is 2.25. The van der Waals surface area contributed by atoms with Gasteiger partial charge in [-0.2, -0.15) is 0 Å². The predicted molar refractivity (Wildman–Crippen MR) is 66.4 cm³/mol. The van der Waals surface area contributed by atoms with E-state index in [4.69, 9.17) is 26.2 Å². The van der Waals surface area contributed by atoms with Crippen molar-refractivity contribution in [2.75, 3.05) is 7.11 Å². The number of aliphatic carboxylic acids is 1. The first-order valence-corrected chi connectivity index (χ1v) is 5.70. The van der Waals surface area contributed by atoms with Crippen LogP contribution in [0.15, 0.2) is 12.1 Å². The monoisotopic (exact) mass is 274 g/mol. The van der Waals surface area contributed by atoms with E-state index in [1.165, 1.54) is 13.2 Å². The van der Waals surface area contributed by atoms with Crippen LogP contribution >= 0.6 is 11.6 Å². The molecule has 0 aliphatic rings. The lowest BCUT2D eigenvalue weighted by Gasteiger charge is -2.19. The van der Waals surface area contributed by atoms with Gasteiger partial charge in [-0.3, -0.25) is 0 Å². The van der Waals surface area contributed by atoms with Gasteiger partial charge in [-0.15, -0.1) is 0 Å². The first-order chi connectivity index (χ1) is 8.38. The smallest absolute Gasteiger partial charge is 0.337 e. The van der Waals surface area contributed by atoms with E-state index < -0.39 is 12.1 Å². The molecule has 0 heterocycles. The van der Waals surface area contributed by atoms with Gasteiger partial charge in [-0.05, 0) is 26.0 Å². The number of aliphatic hydroxyl groups excluding tert-OH is 1. The van der Waals surface area contributed by atoms with Crippen LogP contribution in [0, 0.1) is 0 Å². The quantitative estimate of drug-likeness (QED) is 0.861. The molecule has 1 atom stereocenters. The Labute approximate surface area is 110 Å². The first kappa shape index (κ1) is 14.6. The van der Waals surface area contributed by atoms with E-state index >= 15 is 0 Å². The Hall–Kier alpha value is -1.46. The van der Waals surface area contributed by atoms with Crippen molar-refractivity contribution in [1.29, 1.82) is 0 Å². The van der Waals surface area contributed by atoms with E-state index in [-0.39, 0.29) is 22.4 Å². The van der Waals surface area contributed by atoms with Crippen LogP contribution in [-0.4, -0.2) is 29.4 Å². The number of hydrogen-bond acceptors (Lipinski definition) is 4. The van der Waals surface area contributed by atoms with Crippen LogP contribution in [0.4, 0.5) is 0 Å². The average molecular weight is 275 g/mol. The first-order valence-electron chi connectivity index (χ1n) is 5.32. The molecule has 0 saturated heterocycles. The molecule has 18 heavy (non-hydrogen) atoms. The molecule has 0 saturated carbocycles. The summed E-state index contributed by atoms with van der Waals surface area (Å²) >= 11 is 5.92. The second-order valence-corrected chi connectivity index (χ2v) is 4.31. The molecule has 0 aromatic heterocycles. The van der Waals surface area contributed by atoms with Gasteiger partial charge in [-0.1, -0.05) is 11.6 Å². The number of benzene rings is 1. The third kappa shape index (κ3) is 3.05. The molecule has 1 unspecified atom stereocenters. The molecule has 0 aliphatic carbocycles. The highest BCUT2D eigenvalue weighted by molar-refractivity contribution is 6.32. The highest BCUT2D eigenvalue weighted by Gasteiger charge is 2.27. The lowest BCUT2D eigenvalue weighted by atomic mass is 10.1. The highest BCUT2D eigenvalue weighted by atomic mass is 35.5. The van der Waals surface area contributed by atoms with Gasteiger partial charge in [0, 0.05) is 0 Å². The van der Waals surface area contributed by atoms with Crippen LogP contribution in [0.3, 0.4) is 0 Å². The number of carboxylic acid groups (broad SMARTS) is 1. The van der Waals surface area contributed by atoms with E-state index in [9.17, 15) is 9.90 Å². The number of aliphatic hydroxyl groups is 1. The minimum absolute atomic E-state index is 0.00258. The van der Waals surface area contributed by atoms with Crippen molar-refractivity contribution in [2.45, 2.75) is 26.1 Å². The Bertz CT molecular complexity index is 444. The maximum Gasteiger partial charge on any atom is 0.337 e. The summed E-state index contributed by atoms with van der Waals surface area (Å²) in [5.41, 5.74) is -0.00258. The molecule has 1 rings (SSSR count). The Morgan fingerprint density at radius 2 is 2.00 bits per heavy atom. The number of ether oxygens (including phenoxy) is 2. The topological polar surface area (TPSA) is 76.0 Å². The molecule has 100 valence electrons. The van der Waals surface area contributed by atoms with E-state index in [2.05, 4.69) is 0 Å². The Morgan fingerprint density at radius 3 is 2.44 bits per heavy atom. The summed E-state index contributed by atoms with van der Waals surface area (Å²) in [5, 5.41) is 18.7. The molecule has 1 aromatic rings. The summed E-state index contributed by atoms with van der Waals surface area (Å²) in [5.74, 6) is -0.933. The van der Waals surface area contributed by atoms with Gasteiger partial charge in [0.15, 0.2) is 17.6 Å². The Morgan fingerprint density at radius 1 is 1.39 bits per heavy atom. The number of halogens is 1. The van der Waals surface area contributed by atoms with Gasteiger partial charge in [-0.25, -0.2) is 4.79 Å². The largest absolute Gasteiger partial charge is 0.493 e. The third-order valence-corrected chi connectivity index (χ3v) is 2.52. The second-order valence-electron chi connectivity index (χ2n) is 3.90. The summed E-state index contributed by atoms with van der Waals surface area (Å²) in [4.78, 5) is 10.9.